The highest BCUT2D eigenvalue weighted by molar-refractivity contribution is 5.76. The van der Waals surface area contributed by atoms with Gasteiger partial charge in [-0.25, -0.2) is 9.20 Å². The Labute approximate surface area is 203 Å². The zero-order valence-corrected chi connectivity index (χ0v) is 20.1. The monoisotopic (exact) mass is 472 g/mol. The van der Waals surface area contributed by atoms with Gasteiger partial charge in [0.2, 0.25) is 5.91 Å². The normalized spacial score (nSPS) is 13.9. The first-order chi connectivity index (χ1) is 16.9. The number of carbonyl (C=O) groups excluding carboxylic acids is 1. The van der Waals surface area contributed by atoms with E-state index in [-0.39, 0.29) is 18.0 Å². The number of nitrogens with zero attached hydrogens (tertiary/aromatic N) is 6. The molecule has 2 aromatic heterocycles. The summed E-state index contributed by atoms with van der Waals surface area (Å²) >= 11 is 0. The first kappa shape index (κ1) is 22.6. The minimum absolute atomic E-state index is 0.0954. The number of benzene rings is 2. The van der Waals surface area contributed by atoms with Crippen LogP contribution < -0.4 is 15.2 Å². The molecule has 0 atom stereocenters. The average molecular weight is 473 g/mol. The van der Waals surface area contributed by atoms with Crippen LogP contribution in [0.3, 0.4) is 0 Å². The molecule has 3 heterocycles. The highest BCUT2D eigenvalue weighted by atomic mass is 16.5. The van der Waals surface area contributed by atoms with Crippen LogP contribution in [-0.4, -0.2) is 63.5 Å². The molecule has 4 aromatic rings. The fourth-order valence-electron chi connectivity index (χ4n) is 4.46. The number of aryl methyl sites for hydroxylation is 1. The van der Waals surface area contributed by atoms with Gasteiger partial charge < -0.3 is 14.5 Å². The molecule has 35 heavy (non-hydrogen) atoms. The summed E-state index contributed by atoms with van der Waals surface area (Å²) in [6.07, 6.45) is 1.47. The lowest BCUT2D eigenvalue weighted by atomic mass is 10.1. The van der Waals surface area contributed by atoms with E-state index in [9.17, 15) is 9.59 Å². The summed E-state index contributed by atoms with van der Waals surface area (Å²) in [4.78, 5) is 30.1. The third-order valence-electron chi connectivity index (χ3n) is 6.71. The maximum atomic E-state index is 13.0. The van der Waals surface area contributed by atoms with Crippen molar-refractivity contribution in [3.05, 3.63) is 76.3 Å². The van der Waals surface area contributed by atoms with Crippen molar-refractivity contribution in [2.75, 3.05) is 38.2 Å². The third-order valence-corrected chi connectivity index (χ3v) is 6.71. The highest BCUT2D eigenvalue weighted by Crippen LogP contribution is 2.24. The number of aromatic nitrogens is 4. The van der Waals surface area contributed by atoms with Crippen LogP contribution in [0.25, 0.3) is 16.8 Å². The Bertz CT molecular complexity index is 1430. The van der Waals surface area contributed by atoms with Gasteiger partial charge in [-0.1, -0.05) is 12.1 Å². The van der Waals surface area contributed by atoms with Crippen molar-refractivity contribution in [2.24, 2.45) is 0 Å². The fourth-order valence-corrected chi connectivity index (χ4v) is 4.46. The number of fused-ring (bicyclic) bond motifs is 1. The van der Waals surface area contributed by atoms with E-state index in [0.717, 1.165) is 24.4 Å². The molecule has 1 aliphatic rings. The number of rotatable bonds is 5. The van der Waals surface area contributed by atoms with Crippen LogP contribution >= 0.6 is 0 Å². The molecular formula is C26H28N6O3. The Kier molecular flexibility index (Phi) is 5.98. The molecule has 1 amide bonds. The van der Waals surface area contributed by atoms with Crippen molar-refractivity contribution < 1.29 is 9.53 Å². The van der Waals surface area contributed by atoms with Crippen LogP contribution in [0.5, 0.6) is 5.75 Å². The number of piperazine rings is 1. The van der Waals surface area contributed by atoms with Crippen molar-refractivity contribution in [2.45, 2.75) is 20.4 Å². The second-order valence-electron chi connectivity index (χ2n) is 8.77. The number of anilines is 1. The number of methoxy groups -OCH3 is 1. The van der Waals surface area contributed by atoms with Gasteiger partial charge in [0.15, 0.2) is 0 Å². The molecule has 0 aliphatic carbocycles. The predicted octanol–water partition coefficient (Wildman–Crippen LogP) is 2.53. The van der Waals surface area contributed by atoms with Gasteiger partial charge >= 0.3 is 0 Å². The molecular weight excluding hydrogens is 444 g/mol. The molecule has 180 valence electrons. The largest absolute Gasteiger partial charge is 0.497 e. The topological polar surface area (TPSA) is 85.0 Å². The molecule has 0 radical (unpaired) electrons. The van der Waals surface area contributed by atoms with Gasteiger partial charge in [0.1, 0.15) is 24.1 Å². The van der Waals surface area contributed by atoms with Crippen LogP contribution in [0.15, 0.2) is 59.7 Å². The molecule has 1 fully saturated rings. The molecule has 0 unspecified atom stereocenters. The lowest BCUT2D eigenvalue weighted by molar-refractivity contribution is -0.132. The molecule has 9 heteroatoms. The lowest BCUT2D eigenvalue weighted by Gasteiger charge is -2.37. The average Bonchev–Trinajstić information content (AvgIpc) is 3.33. The van der Waals surface area contributed by atoms with Gasteiger partial charge in [0.25, 0.3) is 5.56 Å². The maximum absolute atomic E-state index is 13.0. The van der Waals surface area contributed by atoms with E-state index < -0.39 is 0 Å². The first-order valence-electron chi connectivity index (χ1n) is 11.6. The van der Waals surface area contributed by atoms with E-state index in [1.807, 2.05) is 24.3 Å². The van der Waals surface area contributed by atoms with E-state index in [4.69, 9.17) is 4.74 Å². The molecule has 9 nitrogen and oxygen atoms in total. The number of ether oxygens (including phenoxy) is 1. The summed E-state index contributed by atoms with van der Waals surface area (Å²) in [5.41, 5.74) is 5.29. The van der Waals surface area contributed by atoms with Crippen molar-refractivity contribution in [3.63, 3.8) is 0 Å². The van der Waals surface area contributed by atoms with Crippen LogP contribution in [0.4, 0.5) is 5.69 Å². The summed E-state index contributed by atoms with van der Waals surface area (Å²) in [5.74, 6) is 0.634. The Morgan fingerprint density at radius 3 is 2.49 bits per heavy atom. The second-order valence-corrected chi connectivity index (χ2v) is 8.77. The first-order valence-corrected chi connectivity index (χ1v) is 11.6. The summed E-state index contributed by atoms with van der Waals surface area (Å²) in [6, 6.07) is 15.5. The van der Waals surface area contributed by atoms with Crippen molar-refractivity contribution in [1.29, 1.82) is 0 Å². The Hall–Kier alpha value is -4.14. The number of carbonyl (C=O) groups is 1. The molecule has 0 bridgehead atoms. The van der Waals surface area contributed by atoms with Crippen molar-refractivity contribution in [1.82, 2.24) is 24.3 Å². The number of amides is 1. The van der Waals surface area contributed by atoms with Gasteiger partial charge in [0.05, 0.1) is 12.8 Å². The molecule has 1 aliphatic heterocycles. The number of hydrogen-bond acceptors (Lipinski definition) is 6. The molecule has 2 aromatic carbocycles. The lowest BCUT2D eigenvalue weighted by Crippen LogP contribution is -2.50. The SMILES string of the molecule is COc1ccc(-c2cc3c(=O)n(CC(=O)N4CCN(c5cccc(C)c5C)CC4)ncn3n2)cc1. The van der Waals surface area contributed by atoms with Gasteiger partial charge in [-0.05, 0) is 61.4 Å². The van der Waals surface area contributed by atoms with Crippen molar-refractivity contribution in [3.8, 4) is 17.0 Å². The zero-order chi connectivity index (χ0) is 24.5. The van der Waals surface area contributed by atoms with E-state index >= 15 is 0 Å². The fraction of sp³-hybridized carbons (Fsp3) is 0.308. The minimum Gasteiger partial charge on any atom is -0.497 e. The molecule has 0 N–H and O–H groups in total. The minimum atomic E-state index is -0.345. The predicted molar refractivity (Wildman–Crippen MR) is 134 cm³/mol. The van der Waals surface area contributed by atoms with E-state index in [1.54, 1.807) is 18.1 Å². The van der Waals surface area contributed by atoms with Crippen LogP contribution in [0.2, 0.25) is 0 Å². The van der Waals surface area contributed by atoms with E-state index in [2.05, 4.69) is 47.1 Å². The zero-order valence-electron chi connectivity index (χ0n) is 20.1. The molecule has 0 spiro atoms. The van der Waals surface area contributed by atoms with Crippen LogP contribution in [0, 0.1) is 13.8 Å². The van der Waals surface area contributed by atoms with Crippen molar-refractivity contribution >= 4 is 17.1 Å². The molecule has 0 saturated carbocycles. The van der Waals surface area contributed by atoms with Gasteiger partial charge in [-0.2, -0.15) is 10.2 Å². The summed E-state index contributed by atoms with van der Waals surface area (Å²) in [6.45, 7) is 6.88. The van der Waals surface area contributed by atoms with Crippen LogP contribution in [0.1, 0.15) is 11.1 Å². The second kappa shape index (κ2) is 9.25. The van der Waals surface area contributed by atoms with E-state index in [1.165, 1.54) is 32.3 Å². The summed E-state index contributed by atoms with van der Waals surface area (Å²) in [5, 5.41) is 8.65. The Balaban J connectivity index is 1.28. The smallest absolute Gasteiger partial charge is 0.293 e. The molecule has 1 saturated heterocycles. The van der Waals surface area contributed by atoms with Gasteiger partial charge in [-0.15, -0.1) is 0 Å². The van der Waals surface area contributed by atoms with E-state index in [0.29, 0.717) is 24.3 Å². The Morgan fingerprint density at radius 2 is 1.77 bits per heavy atom. The van der Waals surface area contributed by atoms with Crippen LogP contribution in [-0.2, 0) is 11.3 Å². The highest BCUT2D eigenvalue weighted by Gasteiger charge is 2.23. The number of hydrogen-bond donors (Lipinski definition) is 0. The standard InChI is InChI=1S/C26H28N6O3/c1-18-5-4-6-23(19(18)2)29-11-13-30(14-12-29)25(33)16-31-26(34)24-15-22(28-32(24)17-27-31)20-7-9-21(35-3)10-8-20/h4-10,15,17H,11-14,16H2,1-3H3. The van der Waals surface area contributed by atoms with Gasteiger partial charge in [0, 0.05) is 37.4 Å². The Morgan fingerprint density at radius 1 is 1.03 bits per heavy atom. The quantitative estimate of drug-likeness (QED) is 0.444. The molecule has 5 rings (SSSR count). The summed E-state index contributed by atoms with van der Waals surface area (Å²) in [7, 11) is 1.61. The third kappa shape index (κ3) is 4.37. The summed E-state index contributed by atoms with van der Waals surface area (Å²) < 4.78 is 7.86. The maximum Gasteiger partial charge on any atom is 0.293 e. The van der Waals surface area contributed by atoms with Gasteiger partial charge in [-0.3, -0.25) is 9.59 Å².